The maximum atomic E-state index is 13.3. The van der Waals surface area contributed by atoms with Gasteiger partial charge in [-0.15, -0.1) is 0 Å². The van der Waals surface area contributed by atoms with Crippen LogP contribution in [0.15, 0.2) is 58.1 Å². The minimum atomic E-state index is -0.553. The Labute approximate surface area is 387 Å². The van der Waals surface area contributed by atoms with Gasteiger partial charge in [0.2, 0.25) is 11.9 Å². The number of carbonyl (C=O) groups excluding carboxylic acids is 3. The molecule has 0 radical (unpaired) electrons. The highest BCUT2D eigenvalue weighted by molar-refractivity contribution is 6.03. The third-order valence-electron chi connectivity index (χ3n) is 13.3. The first-order chi connectivity index (χ1) is 31.9. The summed E-state index contributed by atoms with van der Waals surface area (Å²) in [5, 5.41) is 16.7. The number of anilines is 2. The molecule has 2 saturated carbocycles. The predicted octanol–water partition coefficient (Wildman–Crippen LogP) is 6.40. The lowest BCUT2D eigenvalue weighted by Gasteiger charge is -2.31. The van der Waals surface area contributed by atoms with Crippen molar-refractivity contribution in [3.63, 3.8) is 0 Å². The number of H-pyrrole nitrogens is 2. The highest BCUT2D eigenvalue weighted by atomic mass is 16.6. The van der Waals surface area contributed by atoms with Crippen LogP contribution in [0.25, 0.3) is 44.3 Å². The summed E-state index contributed by atoms with van der Waals surface area (Å²) in [4.78, 5) is 79.5. The fourth-order valence-corrected chi connectivity index (χ4v) is 9.91. The number of nitrogens with zero attached hydrogens (tertiary/aromatic N) is 4. The monoisotopic (exact) mass is 912 g/mol. The quantitative estimate of drug-likeness (QED) is 0.0871. The number of nitrogens with one attached hydrogen (secondary N) is 7. The van der Waals surface area contributed by atoms with Gasteiger partial charge in [-0.05, 0) is 110 Å². The van der Waals surface area contributed by atoms with Crippen LogP contribution in [0.3, 0.4) is 0 Å². The van der Waals surface area contributed by atoms with Gasteiger partial charge in [-0.3, -0.25) is 28.3 Å². The third kappa shape index (κ3) is 9.01. The van der Waals surface area contributed by atoms with E-state index in [1.54, 1.807) is 30.8 Å². The Morgan fingerprint density at radius 2 is 1.15 bits per heavy atom. The van der Waals surface area contributed by atoms with E-state index >= 15 is 0 Å². The van der Waals surface area contributed by atoms with Crippen LogP contribution >= 0.6 is 0 Å². The molecule has 4 aromatic heterocycles. The predicted molar refractivity (Wildman–Crippen MR) is 258 cm³/mol. The van der Waals surface area contributed by atoms with Crippen molar-refractivity contribution in [1.29, 1.82) is 0 Å². The molecule has 2 fully saturated rings. The molecule has 2 aliphatic heterocycles. The fraction of sp³-hybridized carbons (Fsp3) is 0.449. The molecular formula is C49H60N12O6. The summed E-state index contributed by atoms with van der Waals surface area (Å²) in [6.45, 7) is 9.40. The number of aromatic amines is 2. The molecule has 0 bridgehead atoms. The van der Waals surface area contributed by atoms with Crippen molar-refractivity contribution in [3.8, 4) is 22.5 Å². The first kappa shape index (κ1) is 45.2. The van der Waals surface area contributed by atoms with Gasteiger partial charge in [0.05, 0.1) is 56.4 Å². The van der Waals surface area contributed by atoms with Crippen molar-refractivity contribution < 1.29 is 19.1 Å². The second kappa shape index (κ2) is 17.7. The number of amides is 3. The molecule has 2 aliphatic carbocycles. The number of rotatable bonds is 7. The molecular weight excluding hydrogens is 853 g/mol. The zero-order valence-electron chi connectivity index (χ0n) is 39.1. The zero-order chi connectivity index (χ0) is 47.5. The lowest BCUT2D eigenvalue weighted by molar-refractivity contribution is 0.0491. The van der Waals surface area contributed by atoms with E-state index in [4.69, 9.17) is 20.4 Å². The van der Waals surface area contributed by atoms with Crippen molar-refractivity contribution in [3.05, 3.63) is 91.8 Å². The summed E-state index contributed by atoms with van der Waals surface area (Å²) in [6.07, 6.45) is 6.97. The molecule has 352 valence electrons. The number of nitrogens with two attached hydrogens (primary N) is 1. The first-order valence-corrected chi connectivity index (χ1v) is 23.3. The molecule has 6 aromatic rings. The van der Waals surface area contributed by atoms with Gasteiger partial charge in [-0.25, -0.2) is 14.8 Å². The van der Waals surface area contributed by atoms with Gasteiger partial charge >= 0.3 is 6.09 Å². The Kier molecular flexibility index (Phi) is 11.9. The van der Waals surface area contributed by atoms with Gasteiger partial charge < -0.3 is 47.0 Å². The number of ether oxygens (including phenoxy) is 1. The van der Waals surface area contributed by atoms with E-state index in [1.165, 1.54) is 4.57 Å². The van der Waals surface area contributed by atoms with E-state index in [2.05, 4.69) is 36.6 Å². The average Bonchev–Trinajstić information content (AvgIpc) is 4.04. The maximum absolute atomic E-state index is 13.3. The number of carbonyl (C=O) groups is 3. The van der Waals surface area contributed by atoms with Gasteiger partial charge in [0, 0.05) is 60.8 Å². The Morgan fingerprint density at radius 3 is 1.61 bits per heavy atom. The van der Waals surface area contributed by atoms with Crippen LogP contribution in [-0.4, -0.2) is 76.7 Å². The van der Waals surface area contributed by atoms with Gasteiger partial charge in [-0.2, -0.15) is 0 Å². The number of alkyl carbamates (subject to hydrolysis) is 1. The van der Waals surface area contributed by atoms with Crippen molar-refractivity contribution in [2.24, 2.45) is 19.8 Å². The van der Waals surface area contributed by atoms with Crippen LogP contribution in [-0.2, 0) is 18.8 Å². The molecule has 10 rings (SSSR count). The van der Waals surface area contributed by atoms with Gasteiger partial charge in [0.1, 0.15) is 5.60 Å². The summed E-state index contributed by atoms with van der Waals surface area (Å²) in [5.74, 6) is 0.825. The van der Waals surface area contributed by atoms with Crippen LogP contribution in [0.4, 0.5) is 16.7 Å². The molecule has 0 spiro atoms. The standard InChI is InChI=1S/C27H34N6O4.C22H26N6O2/c1-14-21-19(23(34)28-14)13-20(31-21)17-10-7-11-18-22(17)32-25(33(5)24(18)35)29-15-8-6-9-16(12-15)30-26(36)37-27(2,3)4;1-11-18-16(20(29)24-11)10-17(26-18)14-7-4-8-15-19(14)27-22(28(2)21(15)30)25-13-6-3-5-12(23)9-13/h7,10-11,13-16,31H,6,8-9,12H2,1-5H3,(H,28,34)(H,29,32)(H,30,36);4,7-8,10-13,26H,3,5-6,9,23H2,1-2H3,(H,24,29)(H,25,27)/t14-,15+,16-;11-,12-,13+/m11/s1. The highest BCUT2D eigenvalue weighted by Crippen LogP contribution is 2.35. The minimum absolute atomic E-state index is 0.0245. The SMILES string of the molecule is C[C@H]1NC(=O)c2cc(-c3cccc4c(=O)n(C)c(N[C@H]5CCC[C@@H](N)C5)nc34)[nH]c21.C[C@H]1NC(=O)c2cc(-c3cccc4c(=O)n(C)c(N[C@H]5CCC[C@@H](NC(=O)OC(C)(C)C)C5)nc34)[nH]c21. The highest BCUT2D eigenvalue weighted by Gasteiger charge is 2.31. The Hall–Kier alpha value is -6.95. The lowest BCUT2D eigenvalue weighted by Crippen LogP contribution is -2.44. The first-order valence-electron chi connectivity index (χ1n) is 23.3. The molecule has 18 nitrogen and oxygen atoms in total. The van der Waals surface area contributed by atoms with E-state index < -0.39 is 11.7 Å². The van der Waals surface area contributed by atoms with Gasteiger partial charge in [0.15, 0.2) is 0 Å². The largest absolute Gasteiger partial charge is 0.444 e. The summed E-state index contributed by atoms with van der Waals surface area (Å²) in [6, 6.07) is 15.0. The van der Waals surface area contributed by atoms with Crippen LogP contribution in [0.1, 0.15) is 130 Å². The van der Waals surface area contributed by atoms with Crippen LogP contribution < -0.4 is 43.4 Å². The molecule has 0 unspecified atom stereocenters. The van der Waals surface area contributed by atoms with Crippen molar-refractivity contribution in [2.45, 2.75) is 128 Å². The van der Waals surface area contributed by atoms with Crippen molar-refractivity contribution in [1.82, 2.24) is 45.0 Å². The van der Waals surface area contributed by atoms with Gasteiger partial charge in [-0.1, -0.05) is 24.3 Å². The average molecular weight is 913 g/mol. The zero-order valence-corrected chi connectivity index (χ0v) is 39.1. The molecule has 2 aromatic carbocycles. The number of hydrogen-bond donors (Lipinski definition) is 8. The molecule has 0 saturated heterocycles. The summed E-state index contributed by atoms with van der Waals surface area (Å²) < 4.78 is 8.51. The Morgan fingerprint density at radius 1 is 0.687 bits per heavy atom. The molecule has 18 heteroatoms. The van der Waals surface area contributed by atoms with E-state index in [-0.39, 0.29) is 59.2 Å². The molecule has 67 heavy (non-hydrogen) atoms. The smallest absolute Gasteiger partial charge is 0.407 e. The fourth-order valence-electron chi connectivity index (χ4n) is 9.91. The van der Waals surface area contributed by atoms with Crippen molar-refractivity contribution in [2.75, 3.05) is 10.6 Å². The topological polar surface area (TPSA) is 248 Å². The number of benzene rings is 2. The van der Waals surface area contributed by atoms with Crippen LogP contribution in [0.5, 0.6) is 0 Å². The minimum Gasteiger partial charge on any atom is -0.444 e. The second-order valence-electron chi connectivity index (χ2n) is 19.5. The third-order valence-corrected chi connectivity index (χ3v) is 13.3. The number of para-hydroxylation sites is 2. The molecule has 6 atom stereocenters. The van der Waals surface area contributed by atoms with E-state index in [1.807, 2.05) is 71.0 Å². The summed E-state index contributed by atoms with van der Waals surface area (Å²) >= 11 is 0. The molecule has 9 N–H and O–H groups in total. The van der Waals surface area contributed by atoms with E-state index in [0.29, 0.717) is 51.3 Å². The van der Waals surface area contributed by atoms with Crippen LogP contribution in [0, 0.1) is 0 Å². The Bertz CT molecular complexity index is 3050. The maximum Gasteiger partial charge on any atom is 0.407 e. The second-order valence-corrected chi connectivity index (χ2v) is 19.5. The van der Waals surface area contributed by atoms with E-state index in [9.17, 15) is 24.0 Å². The van der Waals surface area contributed by atoms with Crippen molar-refractivity contribution >= 4 is 51.6 Å². The van der Waals surface area contributed by atoms with Crippen LogP contribution in [0.2, 0.25) is 0 Å². The normalized spacial score (nSPS) is 22.3. The lowest BCUT2D eigenvalue weighted by atomic mass is 9.91. The number of fused-ring (bicyclic) bond motifs is 4. The van der Waals surface area contributed by atoms with E-state index in [0.717, 1.165) is 78.8 Å². The molecule has 3 amide bonds. The number of hydrogen-bond acceptors (Lipinski definition) is 11. The number of aromatic nitrogens is 6. The summed E-state index contributed by atoms with van der Waals surface area (Å²) in [5.41, 5.74) is 12.6. The molecule has 4 aliphatic rings. The van der Waals surface area contributed by atoms with Gasteiger partial charge in [0.25, 0.3) is 22.9 Å². The summed E-state index contributed by atoms with van der Waals surface area (Å²) in [7, 11) is 3.44. The molecule has 6 heterocycles. The Balaban J connectivity index is 0.000000171.